The highest BCUT2D eigenvalue weighted by Gasteiger charge is 2.32. The lowest BCUT2D eigenvalue weighted by Crippen LogP contribution is -2.58. The first-order chi connectivity index (χ1) is 13.3. The molecule has 1 heterocycles. The molecule has 28 heavy (non-hydrogen) atoms. The molecule has 4 nitrogen and oxygen atoms in total. The lowest BCUT2D eigenvalue weighted by atomic mass is 10.1. The molecule has 0 unspecified atom stereocenters. The molecule has 0 aliphatic carbocycles. The fourth-order valence-electron chi connectivity index (χ4n) is 3.62. The van der Waals surface area contributed by atoms with Crippen LogP contribution in [0.15, 0.2) is 42.5 Å². The third-order valence-electron chi connectivity index (χ3n) is 5.58. The van der Waals surface area contributed by atoms with Crippen LogP contribution < -0.4 is 4.74 Å². The van der Waals surface area contributed by atoms with Crippen LogP contribution in [-0.2, 0) is 11.3 Å². The Labute approximate surface area is 166 Å². The van der Waals surface area contributed by atoms with E-state index in [2.05, 4.69) is 25.7 Å². The summed E-state index contributed by atoms with van der Waals surface area (Å²) >= 11 is 0. The van der Waals surface area contributed by atoms with Crippen molar-refractivity contribution in [1.29, 1.82) is 0 Å². The van der Waals surface area contributed by atoms with Crippen molar-refractivity contribution in [3.63, 3.8) is 0 Å². The van der Waals surface area contributed by atoms with E-state index < -0.39 is 0 Å². The molecule has 1 fully saturated rings. The van der Waals surface area contributed by atoms with Gasteiger partial charge < -0.3 is 9.64 Å². The Hall–Kier alpha value is -2.40. The summed E-state index contributed by atoms with van der Waals surface area (Å²) in [5.41, 5.74) is 3.44. The topological polar surface area (TPSA) is 32.8 Å². The Kier molecular flexibility index (Phi) is 6.35. The number of hydrogen-bond donors (Lipinski definition) is 0. The Morgan fingerprint density at radius 3 is 2.43 bits per heavy atom. The lowest BCUT2D eigenvalue weighted by Gasteiger charge is -2.44. The summed E-state index contributed by atoms with van der Waals surface area (Å²) < 4.78 is 18.8. The number of hydrogen-bond acceptors (Lipinski definition) is 3. The van der Waals surface area contributed by atoms with Crippen LogP contribution in [0, 0.1) is 19.7 Å². The molecule has 3 rings (SSSR count). The normalized spacial score (nSPS) is 20.2. The van der Waals surface area contributed by atoms with Crippen molar-refractivity contribution < 1.29 is 13.9 Å². The Bertz CT molecular complexity index is 822. The number of carbonyl (C=O) groups excluding carboxylic acids is 1. The monoisotopic (exact) mass is 384 g/mol. The van der Waals surface area contributed by atoms with Gasteiger partial charge in [0.1, 0.15) is 11.6 Å². The van der Waals surface area contributed by atoms with E-state index in [-0.39, 0.29) is 30.4 Å². The summed E-state index contributed by atoms with van der Waals surface area (Å²) in [7, 11) is 0. The molecule has 1 amide bonds. The van der Waals surface area contributed by atoms with E-state index in [9.17, 15) is 9.18 Å². The standard InChI is InChI=1S/C23H29FN2O2/c1-16-5-10-22(11-17(16)2)28-15-23(27)26-13-18(3)25(12-19(26)4)14-20-6-8-21(24)9-7-20/h5-11,18-19H,12-15H2,1-4H3/t18-,19+/m0/s1. The van der Waals surface area contributed by atoms with Gasteiger partial charge in [-0.2, -0.15) is 0 Å². The Morgan fingerprint density at radius 1 is 1.04 bits per heavy atom. The van der Waals surface area contributed by atoms with Crippen molar-refractivity contribution in [3.05, 3.63) is 65.0 Å². The zero-order chi connectivity index (χ0) is 20.3. The number of piperazine rings is 1. The molecule has 0 aromatic heterocycles. The van der Waals surface area contributed by atoms with Gasteiger partial charge in [0.25, 0.3) is 5.91 Å². The molecule has 1 saturated heterocycles. The molecule has 2 aromatic carbocycles. The van der Waals surface area contributed by atoms with E-state index in [0.717, 1.165) is 30.0 Å². The molecule has 0 N–H and O–H groups in total. The first-order valence-electron chi connectivity index (χ1n) is 9.81. The van der Waals surface area contributed by atoms with Crippen molar-refractivity contribution in [2.75, 3.05) is 19.7 Å². The number of rotatable bonds is 5. The molecule has 150 valence electrons. The van der Waals surface area contributed by atoms with Crippen LogP contribution in [0.3, 0.4) is 0 Å². The van der Waals surface area contributed by atoms with Crippen LogP contribution in [0.4, 0.5) is 4.39 Å². The quantitative estimate of drug-likeness (QED) is 0.783. The van der Waals surface area contributed by atoms with Gasteiger partial charge in [0.05, 0.1) is 0 Å². The maximum atomic E-state index is 13.1. The number of ether oxygens (including phenoxy) is 1. The lowest BCUT2D eigenvalue weighted by molar-refractivity contribution is -0.139. The highest BCUT2D eigenvalue weighted by Crippen LogP contribution is 2.20. The molecule has 1 aliphatic heterocycles. The van der Waals surface area contributed by atoms with Crippen LogP contribution in [0.1, 0.15) is 30.5 Å². The summed E-state index contributed by atoms with van der Waals surface area (Å²) in [5.74, 6) is 0.524. The van der Waals surface area contributed by atoms with E-state index in [4.69, 9.17) is 4.74 Å². The smallest absolute Gasteiger partial charge is 0.260 e. The van der Waals surface area contributed by atoms with Gasteiger partial charge in [-0.15, -0.1) is 0 Å². The highest BCUT2D eigenvalue weighted by molar-refractivity contribution is 5.78. The average molecular weight is 384 g/mol. The predicted octanol–water partition coefficient (Wildman–Crippen LogP) is 3.94. The average Bonchev–Trinajstić information content (AvgIpc) is 2.67. The van der Waals surface area contributed by atoms with Crippen LogP contribution in [0.25, 0.3) is 0 Å². The summed E-state index contributed by atoms with van der Waals surface area (Å²) in [6.07, 6.45) is 0. The number of halogens is 1. The Morgan fingerprint density at radius 2 is 1.75 bits per heavy atom. The number of carbonyl (C=O) groups is 1. The van der Waals surface area contributed by atoms with Crippen molar-refractivity contribution >= 4 is 5.91 Å². The largest absolute Gasteiger partial charge is 0.484 e. The third kappa shape index (κ3) is 4.90. The van der Waals surface area contributed by atoms with Crippen LogP contribution >= 0.6 is 0 Å². The minimum absolute atomic E-state index is 0.0130. The maximum Gasteiger partial charge on any atom is 0.260 e. The molecular weight excluding hydrogens is 355 g/mol. The van der Waals surface area contributed by atoms with Gasteiger partial charge in [-0.3, -0.25) is 9.69 Å². The van der Waals surface area contributed by atoms with Gasteiger partial charge in [0, 0.05) is 31.7 Å². The van der Waals surface area contributed by atoms with Crippen molar-refractivity contribution in [2.24, 2.45) is 0 Å². The molecule has 2 aromatic rings. The number of benzene rings is 2. The minimum Gasteiger partial charge on any atom is -0.484 e. The van der Waals surface area contributed by atoms with E-state index in [1.165, 1.54) is 17.7 Å². The third-order valence-corrected chi connectivity index (χ3v) is 5.58. The first kappa shape index (κ1) is 20.3. The summed E-state index contributed by atoms with van der Waals surface area (Å²) in [5, 5.41) is 0. The van der Waals surface area contributed by atoms with E-state index in [0.29, 0.717) is 6.54 Å². The van der Waals surface area contributed by atoms with Crippen molar-refractivity contribution in [1.82, 2.24) is 9.80 Å². The predicted molar refractivity (Wildman–Crippen MR) is 109 cm³/mol. The zero-order valence-corrected chi connectivity index (χ0v) is 17.1. The van der Waals surface area contributed by atoms with Crippen molar-refractivity contribution in [3.8, 4) is 5.75 Å². The van der Waals surface area contributed by atoms with Crippen LogP contribution in [-0.4, -0.2) is 47.5 Å². The maximum absolute atomic E-state index is 13.1. The van der Waals surface area contributed by atoms with E-state index in [1.54, 1.807) is 0 Å². The van der Waals surface area contributed by atoms with Gasteiger partial charge in [-0.1, -0.05) is 18.2 Å². The summed E-state index contributed by atoms with van der Waals surface area (Å²) in [6.45, 7) is 10.5. The highest BCUT2D eigenvalue weighted by atomic mass is 19.1. The van der Waals surface area contributed by atoms with Crippen LogP contribution in [0.2, 0.25) is 0 Å². The molecule has 2 atom stereocenters. The van der Waals surface area contributed by atoms with E-state index >= 15 is 0 Å². The molecule has 0 radical (unpaired) electrons. The Balaban J connectivity index is 1.56. The second-order valence-corrected chi connectivity index (χ2v) is 7.83. The molecular formula is C23H29FN2O2. The SMILES string of the molecule is Cc1ccc(OCC(=O)N2C[C@H](C)N(Cc3ccc(F)cc3)C[C@H]2C)cc1C. The van der Waals surface area contributed by atoms with Gasteiger partial charge in [-0.05, 0) is 68.7 Å². The number of amides is 1. The zero-order valence-electron chi connectivity index (χ0n) is 17.1. The fraction of sp³-hybridized carbons (Fsp3) is 0.435. The molecule has 0 saturated carbocycles. The fourth-order valence-corrected chi connectivity index (χ4v) is 3.62. The van der Waals surface area contributed by atoms with Gasteiger partial charge in [0.2, 0.25) is 0 Å². The minimum atomic E-state index is -0.218. The second-order valence-electron chi connectivity index (χ2n) is 7.83. The van der Waals surface area contributed by atoms with Gasteiger partial charge in [0.15, 0.2) is 6.61 Å². The molecule has 5 heteroatoms. The summed E-state index contributed by atoms with van der Waals surface area (Å²) in [6, 6.07) is 12.8. The second kappa shape index (κ2) is 8.74. The first-order valence-corrected chi connectivity index (χ1v) is 9.81. The molecule has 1 aliphatic rings. The van der Waals surface area contributed by atoms with Crippen molar-refractivity contribution in [2.45, 2.75) is 46.3 Å². The molecule has 0 spiro atoms. The van der Waals surface area contributed by atoms with Gasteiger partial charge >= 0.3 is 0 Å². The number of nitrogens with zero attached hydrogens (tertiary/aromatic N) is 2. The molecule has 0 bridgehead atoms. The summed E-state index contributed by atoms with van der Waals surface area (Å²) in [4.78, 5) is 17.0. The number of aryl methyl sites for hydroxylation is 2. The van der Waals surface area contributed by atoms with Crippen LogP contribution in [0.5, 0.6) is 5.75 Å². The van der Waals surface area contributed by atoms with Gasteiger partial charge in [-0.25, -0.2) is 4.39 Å². The van der Waals surface area contributed by atoms with E-state index in [1.807, 2.05) is 42.2 Å².